The zero-order valence-electron chi connectivity index (χ0n) is 31.7. The number of sulfone groups is 1. The van der Waals surface area contributed by atoms with E-state index >= 15 is 4.39 Å². The Hall–Kier alpha value is -4.40. The number of amides is 2. The summed E-state index contributed by atoms with van der Waals surface area (Å²) in [6.45, 7) is 8.07. The average molecular weight is 794 g/mol. The number of ether oxygens (including phenoxy) is 1. The molecule has 3 aromatic carbocycles. The molecule has 2 amide bonds. The van der Waals surface area contributed by atoms with Crippen molar-refractivity contribution in [1.82, 2.24) is 15.1 Å². The fourth-order valence-electron chi connectivity index (χ4n) is 9.62. The number of hydrogen-bond acceptors (Lipinski definition) is 8. The number of likely N-dealkylation sites (tertiary alicyclic amines) is 2. The number of hydrogen-bond donors (Lipinski definition) is 2. The second kappa shape index (κ2) is 16.2. The number of carbonyl (C=O) groups is 2. The van der Waals surface area contributed by atoms with Crippen LogP contribution in [-0.4, -0.2) is 101 Å². The predicted octanol–water partition coefficient (Wildman–Crippen LogP) is 6.33. The Kier molecular flexibility index (Phi) is 11.5. The quantitative estimate of drug-likeness (QED) is 0.193. The Morgan fingerprint density at radius 1 is 0.911 bits per heavy atom. The van der Waals surface area contributed by atoms with E-state index in [9.17, 15) is 26.8 Å². The van der Waals surface area contributed by atoms with Gasteiger partial charge in [-0.25, -0.2) is 26.4 Å². The molecule has 1 aliphatic carbocycles. The molecule has 4 aliphatic rings. The lowest BCUT2D eigenvalue weighted by molar-refractivity contribution is -0.111. The SMILES string of the molecule is C=CC(=O)Nc1cc(F)cc(S(=O)(=O)c2ccc(N3CC(F)(CN4CCC([C@@](CN5CCC5)(c5cccc(F)c5)[C@H]5CCC[C@@H]5NC(=O)OC)CC4)C3)cc2)c1. The van der Waals surface area contributed by atoms with Crippen LogP contribution in [0.4, 0.5) is 29.3 Å². The van der Waals surface area contributed by atoms with Gasteiger partial charge in [0.1, 0.15) is 11.6 Å². The van der Waals surface area contributed by atoms with Crippen LogP contribution in [-0.2, 0) is 24.8 Å². The third-order valence-corrected chi connectivity index (χ3v) is 14.1. The van der Waals surface area contributed by atoms with Gasteiger partial charge in [-0.15, -0.1) is 0 Å². The van der Waals surface area contributed by atoms with Gasteiger partial charge in [-0.1, -0.05) is 25.1 Å². The molecule has 56 heavy (non-hydrogen) atoms. The van der Waals surface area contributed by atoms with Gasteiger partial charge in [-0.2, -0.15) is 0 Å². The molecule has 4 fully saturated rings. The number of halogens is 3. The van der Waals surface area contributed by atoms with Gasteiger partial charge in [0, 0.05) is 35.9 Å². The number of nitrogens with zero attached hydrogens (tertiary/aromatic N) is 3. The summed E-state index contributed by atoms with van der Waals surface area (Å²) < 4.78 is 77.3. The normalized spacial score (nSPS) is 22.7. The molecule has 2 N–H and O–H groups in total. The summed E-state index contributed by atoms with van der Waals surface area (Å²) in [4.78, 5) is 30.3. The maximum absolute atomic E-state index is 16.3. The van der Waals surface area contributed by atoms with E-state index in [4.69, 9.17) is 4.74 Å². The molecule has 10 nitrogen and oxygen atoms in total. The van der Waals surface area contributed by atoms with Crippen molar-refractivity contribution in [2.45, 2.75) is 65.4 Å². The monoisotopic (exact) mass is 793 g/mol. The zero-order valence-corrected chi connectivity index (χ0v) is 32.5. The smallest absolute Gasteiger partial charge is 0.407 e. The minimum atomic E-state index is -4.12. The molecule has 0 bridgehead atoms. The van der Waals surface area contributed by atoms with Gasteiger partial charge in [-0.05, 0) is 136 Å². The van der Waals surface area contributed by atoms with Crippen molar-refractivity contribution in [2.24, 2.45) is 11.8 Å². The molecule has 0 aromatic heterocycles. The molecule has 3 aliphatic heterocycles. The lowest BCUT2D eigenvalue weighted by Crippen LogP contribution is -2.65. The van der Waals surface area contributed by atoms with Crippen LogP contribution < -0.4 is 15.5 Å². The second-order valence-electron chi connectivity index (χ2n) is 15.9. The van der Waals surface area contributed by atoms with E-state index in [0.29, 0.717) is 18.8 Å². The van der Waals surface area contributed by atoms with Crippen LogP contribution in [0.25, 0.3) is 0 Å². The Morgan fingerprint density at radius 3 is 2.29 bits per heavy atom. The lowest BCUT2D eigenvalue weighted by atomic mass is 9.57. The molecular weight excluding hydrogens is 744 g/mol. The molecule has 0 spiro atoms. The third kappa shape index (κ3) is 8.19. The number of anilines is 2. The van der Waals surface area contributed by atoms with E-state index in [2.05, 4.69) is 27.0 Å². The second-order valence-corrected chi connectivity index (χ2v) is 17.8. The van der Waals surface area contributed by atoms with E-state index in [1.54, 1.807) is 24.3 Å². The summed E-state index contributed by atoms with van der Waals surface area (Å²) in [6.07, 6.45) is 6.01. The number of carbonyl (C=O) groups excluding carboxylic acids is 2. The predicted molar refractivity (Wildman–Crippen MR) is 208 cm³/mol. The van der Waals surface area contributed by atoms with Crippen molar-refractivity contribution in [2.75, 3.05) is 69.7 Å². The molecule has 3 saturated heterocycles. The molecule has 14 heteroatoms. The van der Waals surface area contributed by atoms with Crippen molar-refractivity contribution < 1.29 is 35.9 Å². The number of methoxy groups -OCH3 is 1. The first-order valence-electron chi connectivity index (χ1n) is 19.4. The van der Waals surface area contributed by atoms with Crippen molar-refractivity contribution in [1.29, 1.82) is 0 Å². The first kappa shape index (κ1) is 39.8. The van der Waals surface area contributed by atoms with Crippen LogP contribution in [0.15, 0.2) is 89.2 Å². The Bertz CT molecular complexity index is 2030. The Labute approximate surface area is 327 Å². The van der Waals surface area contributed by atoms with Crippen LogP contribution in [0.2, 0.25) is 0 Å². The maximum Gasteiger partial charge on any atom is 0.407 e. The van der Waals surface area contributed by atoms with Crippen LogP contribution in [0, 0.1) is 23.5 Å². The van der Waals surface area contributed by atoms with Gasteiger partial charge in [0.05, 0.1) is 30.0 Å². The highest BCUT2D eigenvalue weighted by molar-refractivity contribution is 7.91. The van der Waals surface area contributed by atoms with Gasteiger partial charge < -0.3 is 25.2 Å². The van der Waals surface area contributed by atoms with Crippen molar-refractivity contribution in [3.63, 3.8) is 0 Å². The zero-order chi connectivity index (χ0) is 39.7. The van der Waals surface area contributed by atoms with E-state index < -0.39 is 38.7 Å². The standard InChI is InChI=1S/C42H50F3N5O5S/c1-3-39(51)46-33-22-32(44)23-36(24-33)56(53,54)35-13-11-34(12-14-35)50-26-41(45,27-50)25-49-19-15-29(16-20-49)42(28-48-17-6-18-48,30-7-4-8-31(43)21-30)37-9-5-10-38(37)47-40(52)55-2/h3-4,7-8,11-14,21-24,29,37-38H,1,5-6,9-10,15-20,25-28H2,2H3,(H,46,51)(H,47,52)/t37-,38-,42-/m0/s1. The number of piperidine rings is 1. The Morgan fingerprint density at radius 2 is 1.64 bits per heavy atom. The molecule has 0 radical (unpaired) electrons. The lowest BCUT2D eigenvalue weighted by Gasteiger charge is -2.54. The summed E-state index contributed by atoms with van der Waals surface area (Å²) >= 11 is 0. The summed E-state index contributed by atoms with van der Waals surface area (Å²) in [5.41, 5.74) is -0.229. The highest BCUT2D eigenvalue weighted by Gasteiger charge is 2.54. The highest BCUT2D eigenvalue weighted by atomic mass is 32.2. The Balaban J connectivity index is 1.01. The third-order valence-electron chi connectivity index (χ3n) is 12.4. The molecule has 3 atom stereocenters. The average Bonchev–Trinajstić information content (AvgIpc) is 3.62. The number of benzene rings is 3. The molecule has 0 unspecified atom stereocenters. The summed E-state index contributed by atoms with van der Waals surface area (Å²) in [5, 5.41) is 5.50. The van der Waals surface area contributed by atoms with Gasteiger partial charge in [-0.3, -0.25) is 9.69 Å². The van der Waals surface area contributed by atoms with Gasteiger partial charge in [0.25, 0.3) is 0 Å². The molecule has 3 aromatic rings. The summed E-state index contributed by atoms with van der Waals surface area (Å²) in [6, 6.07) is 16.1. The van der Waals surface area contributed by atoms with Crippen LogP contribution >= 0.6 is 0 Å². The number of alkyl halides is 1. The highest BCUT2D eigenvalue weighted by Crippen LogP contribution is 2.51. The van der Waals surface area contributed by atoms with Gasteiger partial charge >= 0.3 is 6.09 Å². The van der Waals surface area contributed by atoms with Crippen LogP contribution in [0.3, 0.4) is 0 Å². The fourth-order valence-corrected chi connectivity index (χ4v) is 10.9. The minimum absolute atomic E-state index is 0.0119. The minimum Gasteiger partial charge on any atom is -0.453 e. The topological polar surface area (TPSA) is 111 Å². The number of nitrogens with one attached hydrogen (secondary N) is 2. The molecule has 300 valence electrons. The molecule has 7 rings (SSSR count). The van der Waals surface area contributed by atoms with E-state index in [0.717, 1.165) is 81.9 Å². The largest absolute Gasteiger partial charge is 0.453 e. The molecular formula is C42H50F3N5O5S. The first-order valence-corrected chi connectivity index (χ1v) is 20.9. The molecule has 3 heterocycles. The van der Waals surface area contributed by atoms with Crippen molar-refractivity contribution in [3.05, 3.63) is 96.6 Å². The van der Waals surface area contributed by atoms with E-state index in [1.165, 1.54) is 31.4 Å². The van der Waals surface area contributed by atoms with Crippen LogP contribution in [0.5, 0.6) is 0 Å². The number of alkyl carbamates (subject to hydrolysis) is 1. The summed E-state index contributed by atoms with van der Waals surface area (Å²) in [5.74, 6) is -1.41. The van der Waals surface area contributed by atoms with E-state index in [1.807, 2.05) is 11.0 Å². The van der Waals surface area contributed by atoms with Crippen molar-refractivity contribution >= 4 is 33.2 Å². The van der Waals surface area contributed by atoms with Crippen LogP contribution in [0.1, 0.15) is 44.1 Å². The maximum atomic E-state index is 16.3. The van der Waals surface area contributed by atoms with Crippen molar-refractivity contribution in [3.8, 4) is 0 Å². The van der Waals surface area contributed by atoms with E-state index in [-0.39, 0.29) is 58.8 Å². The number of rotatable bonds is 13. The summed E-state index contributed by atoms with van der Waals surface area (Å²) in [7, 11) is -2.74. The fraction of sp³-hybridized carbons (Fsp3) is 0.476. The molecule has 1 saturated carbocycles. The first-order chi connectivity index (χ1) is 26.8. The van der Waals surface area contributed by atoms with Gasteiger partial charge in [0.2, 0.25) is 15.7 Å². The van der Waals surface area contributed by atoms with Gasteiger partial charge in [0.15, 0.2) is 5.67 Å².